The number of carbonyl (C=O) groups excluding carboxylic acids is 1. The minimum Gasteiger partial charge on any atom is -0.394 e. The summed E-state index contributed by atoms with van der Waals surface area (Å²) in [6.45, 7) is 4.17. The molecule has 0 aromatic rings. The first kappa shape index (κ1) is 34.4. The van der Waals surface area contributed by atoms with Crippen molar-refractivity contribution in [2.24, 2.45) is 0 Å². The monoisotopic (exact) mass is 499 g/mol. The molecule has 0 bridgehead atoms. The van der Waals surface area contributed by atoms with Gasteiger partial charge in [0.2, 0.25) is 5.91 Å². The molecule has 0 saturated heterocycles. The molecule has 0 heterocycles. The number of nitrogens with one attached hydrogen (secondary N) is 1. The number of hydrogen-bond acceptors (Lipinski definition) is 4. The highest BCUT2D eigenvalue weighted by Crippen LogP contribution is 2.14. The molecule has 210 valence electrons. The number of unbranched alkanes of at least 4 members (excludes halogenated alkanes) is 19. The number of carbonyl (C=O) groups is 1. The Morgan fingerprint density at radius 2 is 0.914 bits per heavy atom. The zero-order valence-electron chi connectivity index (χ0n) is 23.5. The van der Waals surface area contributed by atoms with Crippen LogP contribution in [0.4, 0.5) is 0 Å². The van der Waals surface area contributed by atoms with Crippen LogP contribution in [0.5, 0.6) is 0 Å². The number of amides is 1. The van der Waals surface area contributed by atoms with Crippen molar-refractivity contribution in [1.29, 1.82) is 0 Å². The molecule has 35 heavy (non-hydrogen) atoms. The topological polar surface area (TPSA) is 89.8 Å². The number of aliphatic hydroxyl groups excluding tert-OH is 3. The van der Waals surface area contributed by atoms with Gasteiger partial charge < -0.3 is 20.6 Å². The largest absolute Gasteiger partial charge is 0.394 e. The van der Waals surface area contributed by atoms with Gasteiger partial charge in [-0.3, -0.25) is 4.79 Å². The Morgan fingerprint density at radius 3 is 1.29 bits per heavy atom. The van der Waals surface area contributed by atoms with Gasteiger partial charge in [-0.2, -0.15) is 0 Å². The van der Waals surface area contributed by atoms with E-state index in [1.54, 1.807) is 0 Å². The average Bonchev–Trinajstić information content (AvgIpc) is 2.86. The minimum absolute atomic E-state index is 0.310. The SMILES string of the molecule is CCCCCCCCCCCCCC(O)C(=O)NC(CO)C(O)CCCCCCCCCCCC. The highest BCUT2D eigenvalue weighted by molar-refractivity contribution is 5.80. The molecular weight excluding hydrogens is 438 g/mol. The fourth-order valence-electron chi connectivity index (χ4n) is 4.72. The first-order valence-corrected chi connectivity index (χ1v) is 15.3. The molecule has 0 aliphatic carbocycles. The standard InChI is InChI=1S/C30H61NO4/c1-3-5-7-9-11-13-15-17-19-21-23-25-29(34)30(35)31-27(26-32)28(33)24-22-20-18-16-14-12-10-8-6-4-2/h27-29,32-34H,3-26H2,1-2H3,(H,31,35). The molecule has 0 spiro atoms. The second-order valence-electron chi connectivity index (χ2n) is 10.7. The number of aliphatic hydroxyl groups is 3. The summed E-state index contributed by atoms with van der Waals surface area (Å²) in [5.41, 5.74) is 0. The number of hydrogen-bond donors (Lipinski definition) is 4. The van der Waals surface area contributed by atoms with Gasteiger partial charge in [0.05, 0.1) is 18.8 Å². The summed E-state index contributed by atoms with van der Waals surface area (Å²) in [6.07, 6.45) is 25.1. The van der Waals surface area contributed by atoms with Gasteiger partial charge in [-0.1, -0.05) is 149 Å². The Balaban J connectivity index is 3.75. The van der Waals surface area contributed by atoms with E-state index in [-0.39, 0.29) is 6.61 Å². The van der Waals surface area contributed by atoms with E-state index in [1.165, 1.54) is 103 Å². The zero-order valence-corrected chi connectivity index (χ0v) is 23.5. The Labute approximate surface area is 217 Å². The second-order valence-corrected chi connectivity index (χ2v) is 10.7. The van der Waals surface area contributed by atoms with E-state index < -0.39 is 24.2 Å². The molecule has 1 amide bonds. The van der Waals surface area contributed by atoms with E-state index in [0.717, 1.165) is 32.1 Å². The molecule has 3 atom stereocenters. The Hall–Kier alpha value is -0.650. The quantitative estimate of drug-likeness (QED) is 0.0900. The summed E-state index contributed by atoms with van der Waals surface area (Å²) in [5, 5.41) is 32.8. The van der Waals surface area contributed by atoms with Gasteiger partial charge in [-0.15, -0.1) is 0 Å². The molecule has 0 aliphatic heterocycles. The molecule has 0 saturated carbocycles. The molecular formula is C30H61NO4. The summed E-state index contributed by atoms with van der Waals surface area (Å²) in [5.74, 6) is -0.474. The lowest BCUT2D eigenvalue weighted by atomic mass is 10.0. The third-order valence-electron chi connectivity index (χ3n) is 7.23. The fourth-order valence-corrected chi connectivity index (χ4v) is 4.72. The van der Waals surface area contributed by atoms with Crippen molar-refractivity contribution >= 4 is 5.91 Å². The Morgan fingerprint density at radius 1 is 0.571 bits per heavy atom. The predicted molar refractivity (Wildman–Crippen MR) is 149 cm³/mol. The summed E-state index contributed by atoms with van der Waals surface area (Å²) >= 11 is 0. The van der Waals surface area contributed by atoms with Crippen LogP contribution in [0.1, 0.15) is 162 Å². The maximum absolute atomic E-state index is 12.3. The van der Waals surface area contributed by atoms with Gasteiger partial charge in [0, 0.05) is 0 Å². The first-order chi connectivity index (χ1) is 17.1. The zero-order chi connectivity index (χ0) is 26.0. The maximum Gasteiger partial charge on any atom is 0.249 e. The Bertz CT molecular complexity index is 446. The van der Waals surface area contributed by atoms with Crippen molar-refractivity contribution in [2.75, 3.05) is 6.61 Å². The van der Waals surface area contributed by atoms with Crippen molar-refractivity contribution in [1.82, 2.24) is 5.32 Å². The van der Waals surface area contributed by atoms with Gasteiger partial charge in [-0.25, -0.2) is 0 Å². The molecule has 4 N–H and O–H groups in total. The van der Waals surface area contributed by atoms with Gasteiger partial charge in [0.15, 0.2) is 0 Å². The molecule has 0 aromatic carbocycles. The van der Waals surface area contributed by atoms with E-state index in [1.807, 2.05) is 0 Å². The van der Waals surface area contributed by atoms with Crippen LogP contribution < -0.4 is 5.32 Å². The second kappa shape index (κ2) is 26.4. The number of rotatable bonds is 27. The van der Waals surface area contributed by atoms with E-state index in [2.05, 4.69) is 19.2 Å². The summed E-state index contributed by atoms with van der Waals surface area (Å²) in [7, 11) is 0. The summed E-state index contributed by atoms with van der Waals surface area (Å²) in [6, 6.07) is -0.701. The van der Waals surface area contributed by atoms with Crippen molar-refractivity contribution < 1.29 is 20.1 Å². The highest BCUT2D eigenvalue weighted by atomic mass is 16.3. The lowest BCUT2D eigenvalue weighted by Crippen LogP contribution is -2.49. The predicted octanol–water partition coefficient (Wildman–Crippen LogP) is 7.20. The van der Waals surface area contributed by atoms with Crippen LogP contribution in [-0.4, -0.2) is 46.1 Å². The van der Waals surface area contributed by atoms with Crippen LogP contribution in [0.25, 0.3) is 0 Å². The molecule has 3 unspecified atom stereocenters. The first-order valence-electron chi connectivity index (χ1n) is 15.3. The van der Waals surface area contributed by atoms with Crippen LogP contribution in [-0.2, 0) is 4.79 Å². The molecule has 0 aliphatic rings. The van der Waals surface area contributed by atoms with E-state index in [4.69, 9.17) is 0 Å². The summed E-state index contributed by atoms with van der Waals surface area (Å²) in [4.78, 5) is 12.3. The molecule has 5 nitrogen and oxygen atoms in total. The Kier molecular flexibility index (Phi) is 25.9. The lowest BCUT2D eigenvalue weighted by molar-refractivity contribution is -0.131. The fraction of sp³-hybridized carbons (Fsp3) is 0.967. The van der Waals surface area contributed by atoms with E-state index in [9.17, 15) is 20.1 Å². The maximum atomic E-state index is 12.3. The third kappa shape index (κ3) is 22.3. The third-order valence-corrected chi connectivity index (χ3v) is 7.23. The van der Waals surface area contributed by atoms with Crippen LogP contribution >= 0.6 is 0 Å². The van der Waals surface area contributed by atoms with Crippen molar-refractivity contribution in [2.45, 2.75) is 180 Å². The van der Waals surface area contributed by atoms with Crippen LogP contribution in [0, 0.1) is 0 Å². The minimum atomic E-state index is -1.06. The van der Waals surface area contributed by atoms with Crippen LogP contribution in [0.2, 0.25) is 0 Å². The molecule has 0 radical (unpaired) electrons. The normalized spacial score (nSPS) is 14.1. The van der Waals surface area contributed by atoms with Crippen LogP contribution in [0.15, 0.2) is 0 Å². The smallest absolute Gasteiger partial charge is 0.249 e. The van der Waals surface area contributed by atoms with Crippen molar-refractivity contribution in [3.05, 3.63) is 0 Å². The molecule has 5 heteroatoms. The van der Waals surface area contributed by atoms with Gasteiger partial charge >= 0.3 is 0 Å². The van der Waals surface area contributed by atoms with Crippen molar-refractivity contribution in [3.8, 4) is 0 Å². The van der Waals surface area contributed by atoms with E-state index >= 15 is 0 Å². The summed E-state index contributed by atoms with van der Waals surface area (Å²) < 4.78 is 0. The van der Waals surface area contributed by atoms with Gasteiger partial charge in [0.1, 0.15) is 6.10 Å². The average molecular weight is 500 g/mol. The highest BCUT2D eigenvalue weighted by Gasteiger charge is 2.23. The van der Waals surface area contributed by atoms with Crippen molar-refractivity contribution in [3.63, 3.8) is 0 Å². The molecule has 0 rings (SSSR count). The lowest BCUT2D eigenvalue weighted by Gasteiger charge is -2.23. The molecule has 0 aromatic heterocycles. The van der Waals surface area contributed by atoms with Gasteiger partial charge in [0.25, 0.3) is 0 Å². The van der Waals surface area contributed by atoms with Crippen LogP contribution in [0.3, 0.4) is 0 Å². The van der Waals surface area contributed by atoms with E-state index in [0.29, 0.717) is 12.8 Å². The molecule has 0 fully saturated rings. The van der Waals surface area contributed by atoms with Gasteiger partial charge in [-0.05, 0) is 12.8 Å².